The van der Waals surface area contributed by atoms with Crippen LogP contribution in [0.4, 0.5) is 0 Å². The van der Waals surface area contributed by atoms with Gasteiger partial charge < -0.3 is 0 Å². The van der Waals surface area contributed by atoms with E-state index >= 15 is 0 Å². The van der Waals surface area contributed by atoms with Crippen LogP contribution in [0.2, 0.25) is 0 Å². The average Bonchev–Trinajstić information content (AvgIpc) is 2.11. The molecule has 0 fully saturated rings. The highest BCUT2D eigenvalue weighted by Gasteiger charge is 2.35. The Morgan fingerprint density at radius 3 is 1.26 bits per heavy atom. The van der Waals surface area contributed by atoms with Gasteiger partial charge in [0.05, 0.1) is 6.42 Å². The van der Waals surface area contributed by atoms with E-state index < -0.39 is 11.4 Å². The predicted octanol–water partition coefficient (Wildman–Crippen LogP) is 5.44. The van der Waals surface area contributed by atoms with Crippen LogP contribution in [0.1, 0.15) is 17.5 Å². The van der Waals surface area contributed by atoms with Crippen LogP contribution in [-0.2, 0) is 14.0 Å². The predicted molar refractivity (Wildman–Crippen MR) is 82.3 cm³/mol. The number of alkyl halides is 9. The summed E-state index contributed by atoms with van der Waals surface area (Å²) >= 11 is 50.9. The van der Waals surface area contributed by atoms with Crippen molar-refractivity contribution in [3.63, 3.8) is 0 Å². The third-order valence-corrected chi connectivity index (χ3v) is 2.96. The van der Waals surface area contributed by atoms with Crippen molar-refractivity contribution >= 4 is 104 Å². The minimum atomic E-state index is -1.93. The van der Waals surface area contributed by atoms with Crippen molar-refractivity contribution in [1.82, 2.24) is 15.0 Å². The molecule has 0 N–H and O–H groups in total. The van der Waals surface area contributed by atoms with Crippen molar-refractivity contribution in [1.29, 1.82) is 0 Å². The van der Waals surface area contributed by atoms with Crippen molar-refractivity contribution in [3.8, 4) is 0 Å². The van der Waals surface area contributed by atoms with E-state index in [1.165, 1.54) is 0 Å². The molecule has 0 unspecified atom stereocenters. The summed E-state index contributed by atoms with van der Waals surface area (Å²) in [6.45, 7) is 0. The molecule has 0 saturated carbocycles. The minimum Gasteiger partial charge on any atom is -0.213 e. The third-order valence-electron chi connectivity index (χ3n) is 1.55. The summed E-state index contributed by atoms with van der Waals surface area (Å²) in [5.74, 6) is -0.464. The topological polar surface area (TPSA) is 38.7 Å². The molecular formula is C7H2Cl9N3. The van der Waals surface area contributed by atoms with Crippen molar-refractivity contribution in [2.24, 2.45) is 0 Å². The normalized spacial score (nSPS) is 13.7. The fourth-order valence-electron chi connectivity index (χ4n) is 0.932. The smallest absolute Gasteiger partial charge is 0.213 e. The van der Waals surface area contributed by atoms with Crippen LogP contribution < -0.4 is 0 Å². The van der Waals surface area contributed by atoms with Crippen LogP contribution in [0.5, 0.6) is 0 Å². The van der Waals surface area contributed by atoms with Gasteiger partial charge in [-0.2, -0.15) is 0 Å². The number of nitrogens with zero attached hydrogens (tertiary/aromatic N) is 3. The SMILES string of the molecule is ClC(Cl)(Cl)Cc1nc(C(Cl)(Cl)Cl)nc(C(Cl)(Cl)Cl)n1. The van der Waals surface area contributed by atoms with Gasteiger partial charge in [-0.15, -0.1) is 0 Å². The largest absolute Gasteiger partial charge is 0.250 e. The zero-order valence-electron chi connectivity index (χ0n) is 8.45. The maximum Gasteiger partial charge on any atom is 0.250 e. The molecule has 19 heavy (non-hydrogen) atoms. The number of aromatic nitrogens is 3. The molecule has 0 aliphatic carbocycles. The Kier molecular flexibility index (Phi) is 6.28. The number of halogens is 9. The van der Waals surface area contributed by atoms with Crippen molar-refractivity contribution in [3.05, 3.63) is 17.5 Å². The first-order valence-electron chi connectivity index (χ1n) is 4.25. The molecule has 0 spiro atoms. The summed E-state index contributed by atoms with van der Waals surface area (Å²) in [5, 5.41) is 0. The summed E-state index contributed by atoms with van der Waals surface area (Å²) in [6, 6.07) is 0. The molecule has 108 valence electrons. The van der Waals surface area contributed by atoms with Gasteiger partial charge >= 0.3 is 0 Å². The quantitative estimate of drug-likeness (QED) is 0.539. The van der Waals surface area contributed by atoms with E-state index in [9.17, 15) is 0 Å². The molecule has 0 saturated heterocycles. The Labute approximate surface area is 153 Å². The average molecular weight is 447 g/mol. The molecule has 0 bridgehead atoms. The maximum absolute atomic E-state index is 5.67. The lowest BCUT2D eigenvalue weighted by molar-refractivity contribution is 0.767. The third kappa shape index (κ3) is 6.50. The number of rotatable bonds is 1. The Morgan fingerprint density at radius 1 is 0.632 bits per heavy atom. The fourth-order valence-corrected chi connectivity index (χ4v) is 1.80. The van der Waals surface area contributed by atoms with E-state index in [4.69, 9.17) is 104 Å². The Hall–Kier alpha value is 1.62. The molecule has 12 heteroatoms. The van der Waals surface area contributed by atoms with E-state index in [1.54, 1.807) is 0 Å². The zero-order valence-corrected chi connectivity index (χ0v) is 15.3. The van der Waals surface area contributed by atoms with Crippen molar-refractivity contribution in [2.75, 3.05) is 0 Å². The standard InChI is InChI=1S/C7H2Cl9N3/c8-5(9,10)1-2-17-3(6(11,12)13)19-4(18-2)7(14,15)16/h1H2. The summed E-state index contributed by atoms with van der Waals surface area (Å²) in [6.07, 6.45) is -0.179. The molecule has 0 atom stereocenters. The van der Waals surface area contributed by atoms with Gasteiger partial charge in [0.15, 0.2) is 15.4 Å². The monoisotopic (exact) mass is 443 g/mol. The first kappa shape index (κ1) is 18.7. The highest BCUT2D eigenvalue weighted by atomic mass is 35.6. The maximum atomic E-state index is 5.67. The fraction of sp³-hybridized carbons (Fsp3) is 0.571. The number of hydrogen-bond donors (Lipinski definition) is 0. The minimum absolute atomic E-state index is 0.0117. The van der Waals surface area contributed by atoms with E-state index in [0.717, 1.165) is 0 Å². The second-order valence-corrected chi connectivity index (χ2v) is 10.3. The molecule has 0 aliphatic heterocycles. The molecule has 0 aromatic carbocycles. The van der Waals surface area contributed by atoms with Gasteiger partial charge in [0, 0.05) is 0 Å². The second kappa shape index (κ2) is 6.39. The van der Waals surface area contributed by atoms with E-state index in [2.05, 4.69) is 15.0 Å². The summed E-state index contributed by atoms with van der Waals surface area (Å²) in [4.78, 5) is 11.5. The lowest BCUT2D eigenvalue weighted by Crippen LogP contribution is -2.20. The van der Waals surface area contributed by atoms with Gasteiger partial charge in [-0.05, 0) is 0 Å². The second-order valence-electron chi connectivity index (χ2n) is 3.19. The van der Waals surface area contributed by atoms with Crippen molar-refractivity contribution in [2.45, 2.75) is 17.8 Å². The van der Waals surface area contributed by atoms with Crippen LogP contribution in [0, 0.1) is 0 Å². The van der Waals surface area contributed by atoms with E-state index in [-0.39, 0.29) is 23.9 Å². The van der Waals surface area contributed by atoms with Gasteiger partial charge in [-0.25, -0.2) is 15.0 Å². The number of hydrogen-bond acceptors (Lipinski definition) is 3. The molecule has 1 aromatic rings. The lowest BCUT2D eigenvalue weighted by Gasteiger charge is -2.17. The molecule has 1 rings (SSSR count). The van der Waals surface area contributed by atoms with Gasteiger partial charge in [0.2, 0.25) is 7.59 Å². The van der Waals surface area contributed by atoms with E-state index in [1.807, 2.05) is 0 Å². The Morgan fingerprint density at radius 2 is 1.00 bits per heavy atom. The summed E-state index contributed by atoms with van der Waals surface area (Å²) in [5.41, 5.74) is 0. The highest BCUT2D eigenvalue weighted by molar-refractivity contribution is 6.68. The molecule has 3 nitrogen and oxygen atoms in total. The highest BCUT2D eigenvalue weighted by Crippen LogP contribution is 2.40. The Balaban J connectivity index is 3.33. The summed E-state index contributed by atoms with van der Waals surface area (Å²) in [7, 11) is 0. The molecular weight excluding hydrogens is 445 g/mol. The van der Waals surface area contributed by atoms with Crippen LogP contribution in [0.3, 0.4) is 0 Å². The van der Waals surface area contributed by atoms with Crippen LogP contribution in [-0.4, -0.2) is 18.7 Å². The lowest BCUT2D eigenvalue weighted by atomic mass is 10.4. The van der Waals surface area contributed by atoms with Gasteiger partial charge in [-0.1, -0.05) is 104 Å². The summed E-state index contributed by atoms with van der Waals surface area (Å²) < 4.78 is -5.52. The zero-order chi connectivity index (χ0) is 15.1. The molecule has 0 amide bonds. The van der Waals surface area contributed by atoms with E-state index in [0.29, 0.717) is 0 Å². The molecule has 0 radical (unpaired) electrons. The van der Waals surface area contributed by atoms with Gasteiger partial charge in [-0.3, -0.25) is 0 Å². The molecule has 1 heterocycles. The van der Waals surface area contributed by atoms with Crippen LogP contribution >= 0.6 is 104 Å². The van der Waals surface area contributed by atoms with Crippen LogP contribution in [0.15, 0.2) is 0 Å². The van der Waals surface area contributed by atoms with Gasteiger partial charge in [0.1, 0.15) is 5.82 Å². The molecule has 1 aromatic heterocycles. The van der Waals surface area contributed by atoms with Crippen LogP contribution in [0.25, 0.3) is 0 Å². The Bertz CT molecular complexity index is 426. The first-order chi connectivity index (χ1) is 8.29. The first-order valence-corrected chi connectivity index (χ1v) is 7.65. The molecule has 0 aliphatic rings. The van der Waals surface area contributed by atoms with Gasteiger partial charge in [0.25, 0.3) is 0 Å². The van der Waals surface area contributed by atoms with Crippen molar-refractivity contribution < 1.29 is 0 Å².